The molecule has 4 rings (SSSR count). The molecule has 1 aliphatic heterocycles. The summed E-state index contributed by atoms with van der Waals surface area (Å²) in [4.78, 5) is 25.8. The first-order chi connectivity index (χ1) is 15.1. The lowest BCUT2D eigenvalue weighted by atomic mass is 10.1. The summed E-state index contributed by atoms with van der Waals surface area (Å²) in [6.45, 7) is 9.14. The maximum absolute atomic E-state index is 12.2. The van der Waals surface area contributed by atoms with E-state index in [1.165, 1.54) is 6.42 Å². The predicted molar refractivity (Wildman–Crippen MR) is 126 cm³/mol. The van der Waals surface area contributed by atoms with Crippen molar-refractivity contribution in [2.75, 3.05) is 31.1 Å². The van der Waals surface area contributed by atoms with Gasteiger partial charge in [-0.1, -0.05) is 51.5 Å². The van der Waals surface area contributed by atoms with Crippen LogP contribution in [0.25, 0.3) is 22.3 Å². The Kier molecular flexibility index (Phi) is 7.82. The third-order valence-corrected chi connectivity index (χ3v) is 5.12. The number of carbonyl (C=O) groups is 1. The Bertz CT molecular complexity index is 1010. The van der Waals surface area contributed by atoms with Gasteiger partial charge in [0.15, 0.2) is 5.82 Å². The second-order valence-corrected chi connectivity index (χ2v) is 7.73. The van der Waals surface area contributed by atoms with E-state index in [1.807, 2.05) is 48.2 Å². The third-order valence-electron chi connectivity index (χ3n) is 5.12. The summed E-state index contributed by atoms with van der Waals surface area (Å²) in [7, 11) is 0. The van der Waals surface area contributed by atoms with Crippen molar-refractivity contribution in [3.05, 3.63) is 48.5 Å². The zero-order valence-electron chi connectivity index (χ0n) is 18.7. The Balaban J connectivity index is 0.000000858. The van der Waals surface area contributed by atoms with Gasteiger partial charge < -0.3 is 14.9 Å². The molecule has 0 atom stereocenters. The number of fused-ring (bicyclic) bond motifs is 1. The zero-order valence-corrected chi connectivity index (χ0v) is 18.7. The van der Waals surface area contributed by atoms with E-state index in [4.69, 9.17) is 4.98 Å². The SMILES string of the molecule is CCC.CCCC(=O)N1CCN(c2nc(-c3ccccc3O)nc3ccccc23)CC1. The molecule has 1 amide bonds. The van der Waals surface area contributed by atoms with Gasteiger partial charge in [-0.2, -0.15) is 0 Å². The van der Waals surface area contributed by atoms with Gasteiger partial charge >= 0.3 is 0 Å². The molecule has 0 bridgehead atoms. The summed E-state index contributed by atoms with van der Waals surface area (Å²) >= 11 is 0. The first-order valence-corrected chi connectivity index (χ1v) is 11.2. The number of nitrogens with zero attached hydrogens (tertiary/aromatic N) is 4. The Hall–Kier alpha value is -3.15. The molecule has 1 aromatic heterocycles. The molecule has 0 saturated carbocycles. The maximum atomic E-state index is 12.2. The number of hydrogen-bond acceptors (Lipinski definition) is 5. The summed E-state index contributed by atoms with van der Waals surface area (Å²) in [6.07, 6.45) is 2.73. The number of benzene rings is 2. The molecule has 0 spiro atoms. The average Bonchev–Trinajstić information content (AvgIpc) is 2.79. The highest BCUT2D eigenvalue weighted by atomic mass is 16.3. The minimum Gasteiger partial charge on any atom is -0.507 e. The van der Waals surface area contributed by atoms with Crippen molar-refractivity contribution in [1.29, 1.82) is 0 Å². The zero-order chi connectivity index (χ0) is 22.2. The number of phenols is 1. The van der Waals surface area contributed by atoms with Crippen LogP contribution in [-0.4, -0.2) is 52.1 Å². The second-order valence-electron chi connectivity index (χ2n) is 7.73. The monoisotopic (exact) mass is 420 g/mol. The molecular weight excluding hydrogens is 388 g/mol. The molecule has 2 heterocycles. The number of carbonyl (C=O) groups excluding carboxylic acids is 1. The normalized spacial score (nSPS) is 13.6. The second kappa shape index (κ2) is 10.8. The van der Waals surface area contributed by atoms with Gasteiger partial charge in [0.1, 0.15) is 11.6 Å². The van der Waals surface area contributed by atoms with Crippen molar-refractivity contribution in [1.82, 2.24) is 14.9 Å². The molecule has 1 N–H and O–H groups in total. The minimum atomic E-state index is 0.165. The van der Waals surface area contributed by atoms with Crippen LogP contribution >= 0.6 is 0 Å². The predicted octanol–water partition coefficient (Wildman–Crippen LogP) is 4.87. The third kappa shape index (κ3) is 5.32. The highest BCUT2D eigenvalue weighted by Gasteiger charge is 2.23. The van der Waals surface area contributed by atoms with Crippen LogP contribution in [0.5, 0.6) is 5.75 Å². The number of rotatable bonds is 4. The lowest BCUT2D eigenvalue weighted by molar-refractivity contribution is -0.131. The van der Waals surface area contributed by atoms with Crippen molar-refractivity contribution >= 4 is 22.6 Å². The molecule has 6 heteroatoms. The highest BCUT2D eigenvalue weighted by Crippen LogP contribution is 2.31. The molecule has 164 valence electrons. The van der Waals surface area contributed by atoms with Crippen molar-refractivity contribution in [3.8, 4) is 17.1 Å². The van der Waals surface area contributed by atoms with Crippen LogP contribution < -0.4 is 4.90 Å². The van der Waals surface area contributed by atoms with Crippen molar-refractivity contribution in [2.24, 2.45) is 0 Å². The number of phenolic OH excluding ortho intramolecular Hbond substituents is 1. The van der Waals surface area contributed by atoms with Crippen LogP contribution in [0.4, 0.5) is 5.82 Å². The van der Waals surface area contributed by atoms with E-state index in [0.717, 1.165) is 36.2 Å². The molecular formula is C25H32N4O2. The van der Waals surface area contributed by atoms with E-state index in [0.29, 0.717) is 30.9 Å². The first-order valence-electron chi connectivity index (χ1n) is 11.2. The molecule has 0 radical (unpaired) electrons. The van der Waals surface area contributed by atoms with Crippen molar-refractivity contribution < 1.29 is 9.90 Å². The van der Waals surface area contributed by atoms with Gasteiger partial charge in [0.2, 0.25) is 5.91 Å². The molecule has 1 saturated heterocycles. The van der Waals surface area contributed by atoms with Crippen LogP contribution in [0.3, 0.4) is 0 Å². The van der Waals surface area contributed by atoms with E-state index < -0.39 is 0 Å². The van der Waals surface area contributed by atoms with Gasteiger partial charge in [-0.25, -0.2) is 9.97 Å². The van der Waals surface area contributed by atoms with Gasteiger partial charge in [-0.3, -0.25) is 4.79 Å². The van der Waals surface area contributed by atoms with Crippen LogP contribution in [0, 0.1) is 0 Å². The van der Waals surface area contributed by atoms with Crippen molar-refractivity contribution in [2.45, 2.75) is 40.0 Å². The van der Waals surface area contributed by atoms with Gasteiger partial charge in [0.25, 0.3) is 0 Å². The fourth-order valence-electron chi connectivity index (χ4n) is 3.62. The van der Waals surface area contributed by atoms with Crippen LogP contribution in [-0.2, 0) is 4.79 Å². The van der Waals surface area contributed by atoms with E-state index in [-0.39, 0.29) is 11.7 Å². The molecule has 2 aromatic carbocycles. The van der Waals surface area contributed by atoms with E-state index >= 15 is 0 Å². The van der Waals surface area contributed by atoms with Crippen molar-refractivity contribution in [3.63, 3.8) is 0 Å². The maximum Gasteiger partial charge on any atom is 0.222 e. The fraction of sp³-hybridized carbons (Fsp3) is 0.400. The molecule has 0 unspecified atom stereocenters. The number of anilines is 1. The summed E-state index contributed by atoms with van der Waals surface area (Å²) < 4.78 is 0. The molecule has 31 heavy (non-hydrogen) atoms. The van der Waals surface area contributed by atoms with E-state index in [2.05, 4.69) is 23.7 Å². The molecule has 1 fully saturated rings. The summed E-state index contributed by atoms with van der Waals surface area (Å²) in [5.74, 6) is 1.76. The summed E-state index contributed by atoms with van der Waals surface area (Å²) in [5, 5.41) is 11.2. The lowest BCUT2D eigenvalue weighted by Gasteiger charge is -2.36. The first kappa shape index (κ1) is 22.5. The average molecular weight is 421 g/mol. The Labute approximate surface area is 184 Å². The number of amides is 1. The molecule has 0 aliphatic carbocycles. The quantitative estimate of drug-likeness (QED) is 0.652. The van der Waals surface area contributed by atoms with Gasteiger partial charge in [-0.15, -0.1) is 0 Å². The molecule has 1 aliphatic rings. The number of para-hydroxylation sites is 2. The van der Waals surface area contributed by atoms with Crippen LogP contribution in [0.15, 0.2) is 48.5 Å². The highest BCUT2D eigenvalue weighted by molar-refractivity contribution is 5.91. The number of aromatic hydroxyl groups is 1. The fourth-order valence-corrected chi connectivity index (χ4v) is 3.62. The Morgan fingerprint density at radius 2 is 1.58 bits per heavy atom. The summed E-state index contributed by atoms with van der Waals surface area (Å²) in [6, 6.07) is 15.0. The smallest absolute Gasteiger partial charge is 0.222 e. The Morgan fingerprint density at radius 3 is 2.26 bits per heavy atom. The standard InChI is InChI=1S/C22H24N4O2.C3H8/c1-2-7-20(28)25-12-14-26(15-13-25)22-16-8-3-5-10-18(16)23-21(24-22)17-9-4-6-11-19(17)27;1-3-2/h3-6,8-11,27H,2,7,12-15H2,1H3;3H2,1-2H3. The van der Waals surface area contributed by atoms with Crippen LogP contribution in [0.2, 0.25) is 0 Å². The van der Waals surface area contributed by atoms with E-state index in [9.17, 15) is 9.90 Å². The summed E-state index contributed by atoms with van der Waals surface area (Å²) in [5.41, 5.74) is 1.46. The number of hydrogen-bond donors (Lipinski definition) is 1. The largest absolute Gasteiger partial charge is 0.507 e. The number of piperazine rings is 1. The minimum absolute atomic E-state index is 0.165. The Morgan fingerprint density at radius 1 is 0.935 bits per heavy atom. The van der Waals surface area contributed by atoms with Gasteiger partial charge in [0.05, 0.1) is 11.1 Å². The molecule has 3 aromatic rings. The number of aromatic nitrogens is 2. The lowest BCUT2D eigenvalue weighted by Crippen LogP contribution is -2.49. The van der Waals surface area contributed by atoms with Gasteiger partial charge in [-0.05, 0) is 30.7 Å². The molecule has 6 nitrogen and oxygen atoms in total. The topological polar surface area (TPSA) is 69.6 Å². The van der Waals surface area contributed by atoms with Gasteiger partial charge in [0, 0.05) is 38.0 Å². The van der Waals surface area contributed by atoms with E-state index in [1.54, 1.807) is 12.1 Å². The van der Waals surface area contributed by atoms with Crippen LogP contribution in [0.1, 0.15) is 40.0 Å².